The van der Waals surface area contributed by atoms with Crippen LogP contribution in [0.5, 0.6) is 0 Å². The van der Waals surface area contributed by atoms with Crippen LogP contribution in [0.25, 0.3) is 0 Å². The van der Waals surface area contributed by atoms with Crippen LogP contribution < -0.4 is 0 Å². The zero-order chi connectivity index (χ0) is 17.5. The minimum atomic E-state index is -0.490. The summed E-state index contributed by atoms with van der Waals surface area (Å²) in [6.45, 7) is 5.92. The number of fused-ring (bicyclic) bond motifs is 1. The molecule has 1 aliphatic heterocycles. The first-order valence-electron chi connectivity index (χ1n) is 8.38. The van der Waals surface area contributed by atoms with Crippen LogP contribution in [0, 0.1) is 5.41 Å². The van der Waals surface area contributed by atoms with Gasteiger partial charge in [-0.25, -0.2) is 0 Å². The highest BCUT2D eigenvalue weighted by Gasteiger charge is 2.48. The summed E-state index contributed by atoms with van der Waals surface area (Å²) < 4.78 is 5.34. The minimum absolute atomic E-state index is 0.121. The SMILES string of the molecule is CC(C)(C)OC(=O)CCC1(CN2C(=O)c3ccccc3C2=O)CC1. The first kappa shape index (κ1) is 16.7. The first-order valence-corrected chi connectivity index (χ1v) is 8.38. The summed E-state index contributed by atoms with van der Waals surface area (Å²) in [6.07, 6.45) is 2.84. The number of benzene rings is 1. The second-order valence-electron chi connectivity index (χ2n) is 7.83. The zero-order valence-corrected chi connectivity index (χ0v) is 14.4. The van der Waals surface area contributed by atoms with Gasteiger partial charge in [0.1, 0.15) is 5.60 Å². The molecule has 1 aromatic carbocycles. The van der Waals surface area contributed by atoms with E-state index in [9.17, 15) is 14.4 Å². The molecule has 1 fully saturated rings. The molecule has 1 heterocycles. The molecule has 1 aliphatic carbocycles. The van der Waals surface area contributed by atoms with Gasteiger partial charge < -0.3 is 4.74 Å². The van der Waals surface area contributed by atoms with E-state index in [1.54, 1.807) is 24.3 Å². The van der Waals surface area contributed by atoms with E-state index in [0.717, 1.165) is 12.8 Å². The predicted molar refractivity (Wildman–Crippen MR) is 88.6 cm³/mol. The monoisotopic (exact) mass is 329 g/mol. The fourth-order valence-corrected chi connectivity index (χ4v) is 3.14. The molecular formula is C19H23NO4. The number of amides is 2. The number of carbonyl (C=O) groups is 3. The summed E-state index contributed by atoms with van der Waals surface area (Å²) in [7, 11) is 0. The molecule has 0 radical (unpaired) electrons. The van der Waals surface area contributed by atoms with Gasteiger partial charge in [-0.3, -0.25) is 19.3 Å². The number of rotatable bonds is 5. The molecule has 0 aromatic heterocycles. The Morgan fingerprint density at radius 1 is 1.12 bits per heavy atom. The van der Waals surface area contributed by atoms with Crippen molar-refractivity contribution in [3.8, 4) is 0 Å². The van der Waals surface area contributed by atoms with Gasteiger partial charge >= 0.3 is 5.97 Å². The Labute approximate surface area is 142 Å². The van der Waals surface area contributed by atoms with E-state index >= 15 is 0 Å². The molecule has 128 valence electrons. The van der Waals surface area contributed by atoms with Crippen molar-refractivity contribution in [1.82, 2.24) is 4.90 Å². The van der Waals surface area contributed by atoms with Crippen molar-refractivity contribution >= 4 is 17.8 Å². The third-order valence-corrected chi connectivity index (χ3v) is 4.61. The number of nitrogens with zero attached hydrogens (tertiary/aromatic N) is 1. The molecule has 0 saturated heterocycles. The van der Waals surface area contributed by atoms with Crippen molar-refractivity contribution in [2.75, 3.05) is 6.54 Å². The third-order valence-electron chi connectivity index (χ3n) is 4.61. The average Bonchev–Trinajstić information content (AvgIpc) is 3.23. The van der Waals surface area contributed by atoms with E-state index in [4.69, 9.17) is 4.74 Å². The van der Waals surface area contributed by atoms with Gasteiger partial charge in [0.15, 0.2) is 0 Å². The highest BCUT2D eigenvalue weighted by atomic mass is 16.6. The lowest BCUT2D eigenvalue weighted by atomic mass is 9.99. The number of esters is 1. The largest absolute Gasteiger partial charge is 0.460 e. The van der Waals surface area contributed by atoms with Crippen LogP contribution in [-0.2, 0) is 9.53 Å². The standard InChI is InChI=1S/C19H23NO4/c1-18(2,3)24-15(21)8-9-19(10-11-19)12-20-16(22)13-6-4-5-7-14(13)17(20)23/h4-7H,8-12H2,1-3H3. The van der Waals surface area contributed by atoms with Gasteiger partial charge in [0.25, 0.3) is 11.8 Å². The van der Waals surface area contributed by atoms with Gasteiger partial charge in [-0.05, 0) is 57.6 Å². The lowest BCUT2D eigenvalue weighted by Crippen LogP contribution is -2.35. The topological polar surface area (TPSA) is 63.7 Å². The fourth-order valence-electron chi connectivity index (χ4n) is 3.14. The minimum Gasteiger partial charge on any atom is -0.460 e. The normalized spacial score (nSPS) is 18.5. The summed E-state index contributed by atoms with van der Waals surface area (Å²) in [4.78, 5) is 38.2. The average molecular weight is 329 g/mol. The quantitative estimate of drug-likeness (QED) is 0.615. The molecule has 0 bridgehead atoms. The lowest BCUT2D eigenvalue weighted by molar-refractivity contribution is -0.155. The lowest BCUT2D eigenvalue weighted by Gasteiger charge is -2.23. The van der Waals surface area contributed by atoms with Gasteiger partial charge in [-0.15, -0.1) is 0 Å². The highest BCUT2D eigenvalue weighted by Crippen LogP contribution is 2.51. The second kappa shape index (κ2) is 5.72. The first-order chi connectivity index (χ1) is 11.2. The molecule has 1 aromatic rings. The highest BCUT2D eigenvalue weighted by molar-refractivity contribution is 6.21. The van der Waals surface area contributed by atoms with Gasteiger partial charge in [0.05, 0.1) is 11.1 Å². The van der Waals surface area contributed by atoms with Crippen LogP contribution in [0.4, 0.5) is 0 Å². The van der Waals surface area contributed by atoms with Crippen LogP contribution in [0.2, 0.25) is 0 Å². The van der Waals surface area contributed by atoms with Crippen molar-refractivity contribution in [2.45, 2.75) is 52.1 Å². The van der Waals surface area contributed by atoms with E-state index in [-0.39, 0.29) is 23.2 Å². The molecule has 24 heavy (non-hydrogen) atoms. The molecule has 1 saturated carbocycles. The van der Waals surface area contributed by atoms with E-state index in [0.29, 0.717) is 30.5 Å². The molecule has 0 atom stereocenters. The van der Waals surface area contributed by atoms with Crippen LogP contribution in [0.1, 0.15) is 67.2 Å². The van der Waals surface area contributed by atoms with Crippen LogP contribution in [-0.4, -0.2) is 34.8 Å². The maximum atomic E-state index is 12.5. The molecule has 2 amide bonds. The Hall–Kier alpha value is -2.17. The molecule has 5 nitrogen and oxygen atoms in total. The maximum Gasteiger partial charge on any atom is 0.306 e. The summed E-state index contributed by atoms with van der Waals surface area (Å²) in [5.41, 5.74) is 0.344. The summed E-state index contributed by atoms with van der Waals surface area (Å²) in [5, 5.41) is 0. The number of imide groups is 1. The van der Waals surface area contributed by atoms with Gasteiger partial charge in [0.2, 0.25) is 0 Å². The van der Waals surface area contributed by atoms with Crippen molar-refractivity contribution in [3.05, 3.63) is 35.4 Å². The molecule has 0 spiro atoms. The van der Waals surface area contributed by atoms with E-state index in [1.165, 1.54) is 4.90 Å². The third kappa shape index (κ3) is 3.35. The van der Waals surface area contributed by atoms with Crippen LogP contribution in [0.15, 0.2) is 24.3 Å². The van der Waals surface area contributed by atoms with Crippen molar-refractivity contribution in [3.63, 3.8) is 0 Å². The fraction of sp³-hybridized carbons (Fsp3) is 0.526. The number of carbonyl (C=O) groups excluding carboxylic acids is 3. The van der Waals surface area contributed by atoms with Gasteiger partial charge in [-0.1, -0.05) is 12.1 Å². The van der Waals surface area contributed by atoms with Crippen molar-refractivity contribution < 1.29 is 19.1 Å². The Kier molecular flexibility index (Phi) is 3.98. The molecule has 3 rings (SSSR count). The van der Waals surface area contributed by atoms with Crippen molar-refractivity contribution in [1.29, 1.82) is 0 Å². The van der Waals surface area contributed by atoms with Gasteiger partial charge in [0, 0.05) is 13.0 Å². The Balaban J connectivity index is 1.62. The van der Waals surface area contributed by atoms with Crippen LogP contribution in [0.3, 0.4) is 0 Å². The Morgan fingerprint density at radius 2 is 1.67 bits per heavy atom. The predicted octanol–water partition coefficient (Wildman–Crippen LogP) is 3.18. The molecule has 2 aliphatic rings. The number of hydrogen-bond acceptors (Lipinski definition) is 4. The van der Waals surface area contributed by atoms with E-state index < -0.39 is 5.60 Å². The maximum absolute atomic E-state index is 12.5. The second-order valence-corrected chi connectivity index (χ2v) is 7.83. The summed E-state index contributed by atoms with van der Waals surface area (Å²) >= 11 is 0. The number of ether oxygens (including phenoxy) is 1. The van der Waals surface area contributed by atoms with Crippen LogP contribution >= 0.6 is 0 Å². The molecule has 5 heteroatoms. The molecule has 0 unspecified atom stereocenters. The molecular weight excluding hydrogens is 306 g/mol. The zero-order valence-electron chi connectivity index (χ0n) is 14.4. The van der Waals surface area contributed by atoms with E-state index in [2.05, 4.69) is 0 Å². The summed E-state index contributed by atoms with van der Waals surface area (Å²) in [6, 6.07) is 6.91. The number of hydrogen-bond donors (Lipinski definition) is 0. The Morgan fingerprint density at radius 3 is 2.12 bits per heavy atom. The van der Waals surface area contributed by atoms with Gasteiger partial charge in [-0.2, -0.15) is 0 Å². The Bertz CT molecular complexity index is 663. The molecule has 0 N–H and O–H groups in total. The summed E-state index contributed by atoms with van der Waals surface area (Å²) in [5.74, 6) is -0.672. The van der Waals surface area contributed by atoms with Crippen molar-refractivity contribution in [2.24, 2.45) is 5.41 Å². The smallest absolute Gasteiger partial charge is 0.306 e. The van der Waals surface area contributed by atoms with E-state index in [1.807, 2.05) is 20.8 Å².